The third-order valence-electron chi connectivity index (χ3n) is 19.4. The Kier molecular flexibility index (Phi) is 69.6. The standard InChI is InChI=1S/C82H160O17P2/c1-9-75(8)61-53-45-40-41-47-55-63-80(85)93-69-78(99-82(87)64-56-48-38-32-26-19-15-14-17-23-29-35-43-51-59-73(4)5)71-97-101(90,91)95-67-76(83)66-94-100(88,89)96-70-77(98-81(86)65-57-49-39-33-27-21-20-24-30-36-44-52-60-74(6)7)68-92-79(84)62-54-46-37-31-25-18-13-11-10-12-16-22-28-34-42-50-58-72(2)3/h72-78,83H,9-71H2,1-8H3,(H,88,89)(H,90,91)/t75?,76-,77-,78-/m1/s1. The van der Waals surface area contributed by atoms with Crippen LogP contribution in [0.25, 0.3) is 0 Å². The quantitative estimate of drug-likeness (QED) is 0.0222. The normalized spacial score (nSPS) is 14.3. The molecule has 0 radical (unpaired) electrons. The number of phosphoric ester groups is 2. The summed E-state index contributed by atoms with van der Waals surface area (Å²) >= 11 is 0. The van der Waals surface area contributed by atoms with Gasteiger partial charge in [0.25, 0.3) is 0 Å². The van der Waals surface area contributed by atoms with Crippen molar-refractivity contribution >= 4 is 39.5 Å². The number of unbranched alkanes of at least 4 members (excludes halogenated alkanes) is 44. The smallest absolute Gasteiger partial charge is 0.462 e. The number of aliphatic hydroxyl groups is 1. The molecule has 6 atom stereocenters. The predicted octanol–water partition coefficient (Wildman–Crippen LogP) is 24.4. The summed E-state index contributed by atoms with van der Waals surface area (Å²) in [4.78, 5) is 73.1. The molecule has 0 aromatic carbocycles. The third kappa shape index (κ3) is 74.7. The van der Waals surface area contributed by atoms with Crippen LogP contribution in [0.5, 0.6) is 0 Å². The zero-order chi connectivity index (χ0) is 74.6. The van der Waals surface area contributed by atoms with E-state index in [0.29, 0.717) is 25.7 Å². The average Bonchev–Trinajstić information content (AvgIpc) is 0.997. The lowest BCUT2D eigenvalue weighted by atomic mass is 10.00. The second-order valence-corrected chi connectivity index (χ2v) is 34.1. The van der Waals surface area contributed by atoms with Gasteiger partial charge in [0.1, 0.15) is 19.3 Å². The van der Waals surface area contributed by atoms with Crippen molar-refractivity contribution in [1.29, 1.82) is 0 Å². The lowest BCUT2D eigenvalue weighted by Gasteiger charge is -2.21. The van der Waals surface area contributed by atoms with Crippen LogP contribution in [0.15, 0.2) is 0 Å². The SMILES string of the molecule is CCC(C)CCCCCCCCC(=O)OC[C@H](COP(=O)(O)OC[C@H](O)COP(=O)(O)OC[C@@H](COC(=O)CCCCCCCCCCCCCCCCCCC(C)C)OC(=O)CCCCCCCCCCCCCCC(C)C)OC(=O)CCCCCCCCCCCCCCCCC(C)C. The molecule has 0 saturated carbocycles. The monoisotopic (exact) mass is 1480 g/mol. The van der Waals surface area contributed by atoms with Crippen molar-refractivity contribution in [2.75, 3.05) is 39.6 Å². The Morgan fingerprint density at radius 2 is 0.475 bits per heavy atom. The predicted molar refractivity (Wildman–Crippen MR) is 414 cm³/mol. The van der Waals surface area contributed by atoms with Gasteiger partial charge in [-0.2, -0.15) is 0 Å². The molecule has 0 heterocycles. The topological polar surface area (TPSA) is 237 Å². The van der Waals surface area contributed by atoms with Gasteiger partial charge in [-0.15, -0.1) is 0 Å². The van der Waals surface area contributed by atoms with E-state index in [1.807, 2.05) is 0 Å². The van der Waals surface area contributed by atoms with E-state index in [0.717, 1.165) is 120 Å². The molecule has 3 unspecified atom stereocenters. The summed E-state index contributed by atoms with van der Waals surface area (Å²) in [5.41, 5.74) is 0. The van der Waals surface area contributed by atoms with E-state index in [9.17, 15) is 43.2 Å². The minimum Gasteiger partial charge on any atom is -0.462 e. The molecule has 0 fully saturated rings. The Labute approximate surface area is 619 Å². The van der Waals surface area contributed by atoms with Gasteiger partial charge in [0.05, 0.1) is 26.4 Å². The highest BCUT2D eigenvalue weighted by Gasteiger charge is 2.30. The third-order valence-corrected chi connectivity index (χ3v) is 21.3. The molecule has 101 heavy (non-hydrogen) atoms. The van der Waals surface area contributed by atoms with E-state index in [1.54, 1.807) is 0 Å². The van der Waals surface area contributed by atoms with Crippen LogP contribution >= 0.6 is 15.6 Å². The molecule has 3 N–H and O–H groups in total. The molecule has 0 aromatic rings. The largest absolute Gasteiger partial charge is 0.472 e. The highest BCUT2D eigenvalue weighted by molar-refractivity contribution is 7.47. The fraction of sp³-hybridized carbons (Fsp3) is 0.951. The Hall–Kier alpha value is -1.94. The second-order valence-electron chi connectivity index (χ2n) is 31.2. The summed E-state index contributed by atoms with van der Waals surface area (Å²) in [6, 6.07) is 0. The van der Waals surface area contributed by atoms with Crippen molar-refractivity contribution in [3.8, 4) is 0 Å². The molecular formula is C82H160O17P2. The lowest BCUT2D eigenvalue weighted by Crippen LogP contribution is -2.30. The number of aliphatic hydroxyl groups excluding tert-OH is 1. The summed E-state index contributed by atoms with van der Waals surface area (Å²) in [5.74, 6) is 1.00. The molecule has 0 saturated heterocycles. The van der Waals surface area contributed by atoms with Crippen LogP contribution in [0.1, 0.15) is 421 Å². The van der Waals surface area contributed by atoms with Crippen LogP contribution < -0.4 is 0 Å². The van der Waals surface area contributed by atoms with Crippen LogP contribution in [0.4, 0.5) is 0 Å². The molecule has 0 rings (SSSR count). The number of hydrogen-bond donors (Lipinski definition) is 3. The highest BCUT2D eigenvalue weighted by Crippen LogP contribution is 2.45. The number of rotatable bonds is 79. The molecule has 0 aromatic heterocycles. The van der Waals surface area contributed by atoms with Crippen LogP contribution in [-0.4, -0.2) is 96.7 Å². The van der Waals surface area contributed by atoms with Crippen LogP contribution in [0, 0.1) is 23.7 Å². The highest BCUT2D eigenvalue weighted by atomic mass is 31.2. The molecule has 0 aliphatic carbocycles. The first kappa shape index (κ1) is 99.1. The van der Waals surface area contributed by atoms with Crippen molar-refractivity contribution in [3.05, 3.63) is 0 Å². The number of ether oxygens (including phenoxy) is 4. The van der Waals surface area contributed by atoms with Crippen molar-refractivity contribution in [1.82, 2.24) is 0 Å². The lowest BCUT2D eigenvalue weighted by molar-refractivity contribution is -0.161. The first-order valence-electron chi connectivity index (χ1n) is 42.2. The molecule has 0 aliphatic rings. The summed E-state index contributed by atoms with van der Waals surface area (Å²) in [7, 11) is -9.92. The minimum atomic E-state index is -4.96. The van der Waals surface area contributed by atoms with Crippen molar-refractivity contribution in [3.63, 3.8) is 0 Å². The van der Waals surface area contributed by atoms with Gasteiger partial charge in [0.15, 0.2) is 12.2 Å². The van der Waals surface area contributed by atoms with Crippen molar-refractivity contribution < 1.29 is 80.2 Å². The summed E-state index contributed by atoms with van der Waals surface area (Å²) < 4.78 is 68.8. The number of phosphoric acid groups is 2. The van der Waals surface area contributed by atoms with E-state index < -0.39 is 97.5 Å². The van der Waals surface area contributed by atoms with Crippen LogP contribution in [-0.2, 0) is 65.4 Å². The van der Waals surface area contributed by atoms with Gasteiger partial charge in [0.2, 0.25) is 0 Å². The summed E-state index contributed by atoms with van der Waals surface area (Å²) in [5, 5.41) is 10.6. The Balaban J connectivity index is 5.23. The van der Waals surface area contributed by atoms with E-state index in [1.165, 1.54) is 218 Å². The number of carbonyl (C=O) groups is 4. The number of hydrogen-bond acceptors (Lipinski definition) is 15. The number of carbonyl (C=O) groups excluding carboxylic acids is 4. The van der Waals surface area contributed by atoms with E-state index in [4.69, 9.17) is 37.0 Å². The van der Waals surface area contributed by atoms with E-state index in [-0.39, 0.29) is 25.7 Å². The Morgan fingerprint density at radius 1 is 0.277 bits per heavy atom. The second kappa shape index (κ2) is 71.0. The van der Waals surface area contributed by atoms with Gasteiger partial charge < -0.3 is 33.8 Å². The molecule has 600 valence electrons. The maximum Gasteiger partial charge on any atom is 0.472 e. The minimum absolute atomic E-state index is 0.106. The number of esters is 4. The van der Waals surface area contributed by atoms with Crippen molar-refractivity contribution in [2.24, 2.45) is 23.7 Å². The average molecular weight is 1480 g/mol. The van der Waals surface area contributed by atoms with Gasteiger partial charge in [-0.3, -0.25) is 37.3 Å². The molecule has 0 aliphatic heterocycles. The summed E-state index contributed by atoms with van der Waals surface area (Å²) in [6.45, 7) is 14.3. The van der Waals surface area contributed by atoms with Gasteiger partial charge >= 0.3 is 39.5 Å². The molecule has 0 amide bonds. The molecule has 0 bridgehead atoms. The molecule has 19 heteroatoms. The van der Waals surface area contributed by atoms with Gasteiger partial charge in [-0.05, 0) is 49.4 Å². The van der Waals surface area contributed by atoms with Gasteiger partial charge in [-0.1, -0.05) is 370 Å². The fourth-order valence-corrected chi connectivity index (χ4v) is 14.2. The van der Waals surface area contributed by atoms with E-state index in [2.05, 4.69) is 55.4 Å². The zero-order valence-corrected chi connectivity index (χ0v) is 68.3. The maximum absolute atomic E-state index is 13.1. The van der Waals surface area contributed by atoms with Gasteiger partial charge in [-0.25, -0.2) is 9.13 Å². The van der Waals surface area contributed by atoms with E-state index >= 15 is 0 Å². The van der Waals surface area contributed by atoms with Crippen LogP contribution in [0.2, 0.25) is 0 Å². The molecule has 17 nitrogen and oxygen atoms in total. The van der Waals surface area contributed by atoms with Gasteiger partial charge in [0, 0.05) is 25.7 Å². The van der Waals surface area contributed by atoms with Crippen LogP contribution in [0.3, 0.4) is 0 Å². The zero-order valence-electron chi connectivity index (χ0n) is 66.5. The fourth-order valence-electron chi connectivity index (χ4n) is 12.6. The first-order chi connectivity index (χ1) is 48.6. The van der Waals surface area contributed by atoms with Crippen molar-refractivity contribution in [2.45, 2.75) is 440 Å². The summed E-state index contributed by atoms with van der Waals surface area (Å²) in [6.07, 6.45) is 58.3. The molecular weight excluding hydrogens is 1320 g/mol. The molecule has 0 spiro atoms. The maximum atomic E-state index is 13.1. The Bertz CT molecular complexity index is 1970. The first-order valence-corrected chi connectivity index (χ1v) is 45.2. The Morgan fingerprint density at radius 3 is 0.703 bits per heavy atom.